The number of amides is 1. The van der Waals surface area contributed by atoms with E-state index in [0.29, 0.717) is 27.3 Å². The molecule has 1 atom stereocenters. The highest BCUT2D eigenvalue weighted by molar-refractivity contribution is 6.30. The molecule has 5 rings (SSSR count). The van der Waals surface area contributed by atoms with Gasteiger partial charge in [0.15, 0.2) is 5.43 Å². The average Bonchev–Trinajstić information content (AvgIpc) is 3.32. The Labute approximate surface area is 177 Å². The van der Waals surface area contributed by atoms with Gasteiger partial charge in [0.05, 0.1) is 29.8 Å². The Hall–Kier alpha value is -3.31. The van der Waals surface area contributed by atoms with Crippen molar-refractivity contribution in [1.29, 1.82) is 0 Å². The van der Waals surface area contributed by atoms with E-state index in [1.54, 1.807) is 35.4 Å². The monoisotopic (exact) mass is 419 g/mol. The highest BCUT2D eigenvalue weighted by Crippen LogP contribution is 2.39. The van der Waals surface area contributed by atoms with Gasteiger partial charge in [-0.3, -0.25) is 9.59 Å². The summed E-state index contributed by atoms with van der Waals surface area (Å²) in [6.45, 7) is 4.03. The second-order valence-electron chi connectivity index (χ2n) is 7.60. The largest absolute Gasteiger partial charge is 0.467 e. The maximum atomic E-state index is 13.6. The lowest BCUT2D eigenvalue weighted by atomic mass is 9.97. The van der Waals surface area contributed by atoms with Gasteiger partial charge >= 0.3 is 0 Å². The van der Waals surface area contributed by atoms with Crippen molar-refractivity contribution in [2.75, 3.05) is 0 Å². The van der Waals surface area contributed by atoms with Crippen molar-refractivity contribution in [3.05, 3.63) is 104 Å². The van der Waals surface area contributed by atoms with Crippen LogP contribution < -0.4 is 5.43 Å². The number of halogens is 1. The average molecular weight is 420 g/mol. The van der Waals surface area contributed by atoms with Crippen LogP contribution in [-0.4, -0.2) is 10.8 Å². The lowest BCUT2D eigenvalue weighted by molar-refractivity contribution is 0.0701. The molecule has 0 saturated carbocycles. The lowest BCUT2D eigenvalue weighted by Gasteiger charge is -2.24. The summed E-state index contributed by atoms with van der Waals surface area (Å²) in [6, 6.07) is 13.9. The molecule has 0 saturated heterocycles. The highest BCUT2D eigenvalue weighted by Gasteiger charge is 2.43. The van der Waals surface area contributed by atoms with Gasteiger partial charge in [-0.05, 0) is 60.9 Å². The van der Waals surface area contributed by atoms with Gasteiger partial charge in [-0.15, -0.1) is 0 Å². The number of carbonyl (C=O) groups is 1. The van der Waals surface area contributed by atoms with Crippen molar-refractivity contribution < 1.29 is 13.6 Å². The van der Waals surface area contributed by atoms with E-state index in [2.05, 4.69) is 0 Å². The predicted octanol–water partition coefficient (Wildman–Crippen LogP) is 5.40. The quantitative estimate of drug-likeness (QED) is 0.446. The van der Waals surface area contributed by atoms with Gasteiger partial charge in [-0.25, -0.2) is 0 Å². The fourth-order valence-corrected chi connectivity index (χ4v) is 4.33. The Morgan fingerprint density at radius 3 is 2.53 bits per heavy atom. The molecule has 0 aliphatic carbocycles. The fraction of sp³-hybridized carbons (Fsp3) is 0.167. The molecule has 6 heteroatoms. The number of carbonyl (C=O) groups excluding carboxylic acids is 1. The number of nitrogens with zero attached hydrogens (tertiary/aromatic N) is 1. The summed E-state index contributed by atoms with van der Waals surface area (Å²) in [4.78, 5) is 28.6. The SMILES string of the molecule is Cc1cc(C)c2oc3c(c(=O)c2c1)C(c1ccc(Cl)cc1)N(Cc1ccco1)C3=O. The van der Waals surface area contributed by atoms with Crippen molar-refractivity contribution in [1.82, 2.24) is 4.90 Å². The number of hydrogen-bond donors (Lipinski definition) is 0. The molecule has 1 aliphatic rings. The maximum absolute atomic E-state index is 13.6. The van der Waals surface area contributed by atoms with Crippen LogP contribution in [0.4, 0.5) is 0 Å². The minimum absolute atomic E-state index is 0.0889. The molecular formula is C24H18ClNO4. The van der Waals surface area contributed by atoms with Crippen molar-refractivity contribution in [2.24, 2.45) is 0 Å². The molecule has 0 spiro atoms. The second-order valence-corrected chi connectivity index (χ2v) is 8.04. The Morgan fingerprint density at radius 2 is 1.83 bits per heavy atom. The van der Waals surface area contributed by atoms with Crippen LogP contribution in [-0.2, 0) is 6.54 Å². The van der Waals surface area contributed by atoms with E-state index in [4.69, 9.17) is 20.4 Å². The van der Waals surface area contributed by atoms with Crippen LogP contribution in [0.3, 0.4) is 0 Å². The van der Waals surface area contributed by atoms with Crippen LogP contribution >= 0.6 is 11.6 Å². The minimum Gasteiger partial charge on any atom is -0.467 e. The molecule has 0 fully saturated rings. The second kappa shape index (κ2) is 6.89. The molecule has 2 aromatic heterocycles. The Bertz CT molecular complexity index is 1340. The number of furan rings is 1. The van der Waals surface area contributed by atoms with E-state index >= 15 is 0 Å². The van der Waals surface area contributed by atoms with Gasteiger partial charge in [0.1, 0.15) is 11.3 Å². The van der Waals surface area contributed by atoms with Crippen LogP contribution in [0, 0.1) is 13.8 Å². The first kappa shape index (κ1) is 18.7. The first-order chi connectivity index (χ1) is 14.4. The number of benzene rings is 2. The van der Waals surface area contributed by atoms with Crippen LogP contribution in [0.1, 0.15) is 44.6 Å². The van der Waals surface area contributed by atoms with Crippen molar-refractivity contribution in [3.63, 3.8) is 0 Å². The maximum Gasteiger partial charge on any atom is 0.291 e. The number of fused-ring (bicyclic) bond motifs is 2. The minimum atomic E-state index is -0.587. The third kappa shape index (κ3) is 2.85. The van der Waals surface area contributed by atoms with E-state index in [-0.39, 0.29) is 23.6 Å². The van der Waals surface area contributed by atoms with E-state index in [1.165, 1.54) is 0 Å². The smallest absolute Gasteiger partial charge is 0.291 e. The highest BCUT2D eigenvalue weighted by atomic mass is 35.5. The summed E-state index contributed by atoms with van der Waals surface area (Å²) in [5.41, 5.74) is 3.19. The van der Waals surface area contributed by atoms with Gasteiger partial charge in [-0.1, -0.05) is 29.8 Å². The standard InChI is InChI=1S/C24H18ClNO4/c1-13-10-14(2)22-18(11-13)21(27)19-20(15-5-7-16(25)8-6-15)26(24(28)23(19)30-22)12-17-4-3-9-29-17/h3-11,20H,12H2,1-2H3. The zero-order valence-electron chi connectivity index (χ0n) is 16.4. The molecule has 30 heavy (non-hydrogen) atoms. The topological polar surface area (TPSA) is 63.7 Å². The van der Waals surface area contributed by atoms with E-state index < -0.39 is 6.04 Å². The van der Waals surface area contributed by atoms with Crippen LogP contribution in [0.2, 0.25) is 5.02 Å². The first-order valence-electron chi connectivity index (χ1n) is 9.61. The summed E-state index contributed by atoms with van der Waals surface area (Å²) in [5, 5.41) is 1.07. The van der Waals surface area contributed by atoms with Gasteiger partial charge in [-0.2, -0.15) is 0 Å². The summed E-state index contributed by atoms with van der Waals surface area (Å²) in [5.74, 6) is 0.380. The van der Waals surface area contributed by atoms with E-state index in [0.717, 1.165) is 16.7 Å². The molecule has 1 aliphatic heterocycles. The van der Waals surface area contributed by atoms with Crippen molar-refractivity contribution in [3.8, 4) is 0 Å². The summed E-state index contributed by atoms with van der Waals surface area (Å²) in [6.07, 6.45) is 1.56. The van der Waals surface area contributed by atoms with E-state index in [9.17, 15) is 9.59 Å². The summed E-state index contributed by atoms with van der Waals surface area (Å²) in [7, 11) is 0. The van der Waals surface area contributed by atoms with Gasteiger partial charge in [0, 0.05) is 5.02 Å². The molecule has 0 radical (unpaired) electrons. The molecule has 4 aromatic rings. The normalized spacial score (nSPS) is 15.8. The van der Waals surface area contributed by atoms with Crippen LogP contribution in [0.5, 0.6) is 0 Å². The van der Waals surface area contributed by atoms with Gasteiger partial charge in [0.2, 0.25) is 5.76 Å². The molecule has 2 aromatic carbocycles. The Morgan fingerprint density at radius 1 is 1.07 bits per heavy atom. The summed E-state index contributed by atoms with van der Waals surface area (Å²) >= 11 is 6.07. The molecule has 5 nitrogen and oxygen atoms in total. The summed E-state index contributed by atoms with van der Waals surface area (Å²) < 4.78 is 11.5. The first-order valence-corrected chi connectivity index (χ1v) is 9.98. The Balaban J connectivity index is 1.77. The number of rotatable bonds is 3. The molecule has 3 heterocycles. The predicted molar refractivity (Wildman–Crippen MR) is 114 cm³/mol. The van der Waals surface area contributed by atoms with Crippen LogP contribution in [0.15, 0.2) is 68.4 Å². The molecule has 1 amide bonds. The molecule has 1 unspecified atom stereocenters. The lowest BCUT2D eigenvalue weighted by Crippen LogP contribution is -2.29. The van der Waals surface area contributed by atoms with Crippen LogP contribution in [0.25, 0.3) is 11.0 Å². The molecule has 150 valence electrons. The fourth-order valence-electron chi connectivity index (χ4n) is 4.20. The van der Waals surface area contributed by atoms with E-state index in [1.807, 2.05) is 38.1 Å². The molecular weight excluding hydrogens is 402 g/mol. The third-order valence-corrected chi connectivity index (χ3v) is 5.74. The van der Waals surface area contributed by atoms with Gasteiger partial charge in [0.25, 0.3) is 5.91 Å². The van der Waals surface area contributed by atoms with Crippen molar-refractivity contribution in [2.45, 2.75) is 26.4 Å². The zero-order chi connectivity index (χ0) is 21.0. The number of hydrogen-bond acceptors (Lipinski definition) is 4. The number of aryl methyl sites for hydroxylation is 2. The zero-order valence-corrected chi connectivity index (χ0v) is 17.2. The van der Waals surface area contributed by atoms with Gasteiger partial charge < -0.3 is 13.7 Å². The Kier molecular flexibility index (Phi) is 4.29. The molecule has 0 N–H and O–H groups in total. The molecule has 0 bridgehead atoms. The van der Waals surface area contributed by atoms with Crippen molar-refractivity contribution >= 4 is 28.5 Å². The third-order valence-electron chi connectivity index (χ3n) is 5.49.